The smallest absolute Gasteiger partial charge is 0.249 e. The van der Waals surface area contributed by atoms with Gasteiger partial charge in [0.25, 0.3) is 0 Å². The molecule has 7 nitrogen and oxygen atoms in total. The van der Waals surface area contributed by atoms with Crippen molar-refractivity contribution in [3.8, 4) is 22.9 Å². The van der Waals surface area contributed by atoms with E-state index in [0.29, 0.717) is 29.6 Å². The van der Waals surface area contributed by atoms with Crippen LogP contribution in [0.15, 0.2) is 42.5 Å². The molecule has 0 bridgehead atoms. The maximum Gasteiger partial charge on any atom is 0.249 e. The Balaban J connectivity index is 1.47. The number of hydrogen-bond acceptors (Lipinski definition) is 5. The quantitative estimate of drug-likeness (QED) is 0.720. The van der Waals surface area contributed by atoms with Gasteiger partial charge >= 0.3 is 0 Å². The first kappa shape index (κ1) is 17.4. The number of halogens is 1. The van der Waals surface area contributed by atoms with Gasteiger partial charge < -0.3 is 9.47 Å². The van der Waals surface area contributed by atoms with E-state index in [1.165, 1.54) is 0 Å². The number of ether oxygens (including phenoxy) is 2. The first-order valence-electron chi connectivity index (χ1n) is 8.42. The maximum absolute atomic E-state index is 12.6. The van der Waals surface area contributed by atoms with Gasteiger partial charge in [-0.15, -0.1) is 5.10 Å². The molecule has 3 aromatic rings. The zero-order valence-corrected chi connectivity index (χ0v) is 15.3. The molecule has 138 valence electrons. The Bertz CT molecular complexity index is 989. The van der Waals surface area contributed by atoms with Crippen LogP contribution in [0.5, 0.6) is 11.5 Å². The summed E-state index contributed by atoms with van der Waals surface area (Å²) < 4.78 is 11.0. The lowest BCUT2D eigenvalue weighted by Gasteiger charge is -2.24. The number of amides is 1. The second-order valence-electron chi connectivity index (χ2n) is 6.16. The van der Waals surface area contributed by atoms with Gasteiger partial charge in [0, 0.05) is 5.02 Å². The number of benzene rings is 2. The number of aromatic amines is 1. The maximum atomic E-state index is 12.6. The van der Waals surface area contributed by atoms with Gasteiger partial charge in [0.05, 0.1) is 18.6 Å². The highest BCUT2D eigenvalue weighted by Gasteiger charge is 2.27. The second kappa shape index (κ2) is 7.28. The summed E-state index contributed by atoms with van der Waals surface area (Å²) in [5, 5.41) is 10.3. The van der Waals surface area contributed by atoms with Crippen LogP contribution in [0, 0.1) is 5.92 Å². The topological polar surface area (TPSA) is 89.1 Å². The number of carbonyl (C=O) groups is 1. The molecule has 0 fully saturated rings. The van der Waals surface area contributed by atoms with Crippen LogP contribution in [0.25, 0.3) is 11.4 Å². The van der Waals surface area contributed by atoms with E-state index in [9.17, 15) is 4.79 Å². The number of rotatable bonds is 4. The molecule has 1 aliphatic rings. The number of fused-ring (bicyclic) bond motifs is 1. The fraction of sp³-hybridized carbons (Fsp3) is 0.211. The number of H-pyrrole nitrogens is 1. The Kier molecular flexibility index (Phi) is 4.68. The van der Waals surface area contributed by atoms with E-state index in [1.54, 1.807) is 13.2 Å². The van der Waals surface area contributed by atoms with Crippen LogP contribution >= 0.6 is 11.6 Å². The lowest BCUT2D eigenvalue weighted by atomic mass is 9.96. The van der Waals surface area contributed by atoms with Gasteiger partial charge in [0.1, 0.15) is 18.1 Å². The van der Waals surface area contributed by atoms with Gasteiger partial charge in [-0.25, -0.2) is 0 Å². The molecular weight excluding hydrogens is 368 g/mol. The number of methoxy groups -OCH3 is 1. The van der Waals surface area contributed by atoms with Crippen LogP contribution in [0.3, 0.4) is 0 Å². The summed E-state index contributed by atoms with van der Waals surface area (Å²) in [6.07, 6.45) is 0.547. The normalized spacial score (nSPS) is 15.6. The predicted molar refractivity (Wildman–Crippen MR) is 101 cm³/mol. The molecule has 1 atom stereocenters. The molecule has 2 N–H and O–H groups in total. The molecule has 27 heavy (non-hydrogen) atoms. The van der Waals surface area contributed by atoms with E-state index in [1.807, 2.05) is 36.4 Å². The monoisotopic (exact) mass is 384 g/mol. The molecule has 2 aromatic carbocycles. The first-order valence-corrected chi connectivity index (χ1v) is 8.79. The number of carbonyl (C=O) groups excluding carboxylic acids is 1. The average Bonchev–Trinajstić information content (AvgIpc) is 3.15. The Morgan fingerprint density at radius 2 is 2.19 bits per heavy atom. The Morgan fingerprint density at radius 3 is 3.04 bits per heavy atom. The van der Waals surface area contributed by atoms with Gasteiger partial charge in [-0.2, -0.15) is 4.98 Å². The minimum absolute atomic E-state index is 0.203. The molecule has 2 heterocycles. The largest absolute Gasteiger partial charge is 0.496 e. The third-order valence-electron chi connectivity index (χ3n) is 4.38. The van der Waals surface area contributed by atoms with E-state index in [0.717, 1.165) is 16.9 Å². The molecule has 1 unspecified atom stereocenters. The minimum Gasteiger partial charge on any atom is -0.496 e. The van der Waals surface area contributed by atoms with Gasteiger partial charge in [-0.1, -0.05) is 23.7 Å². The summed E-state index contributed by atoms with van der Waals surface area (Å²) in [7, 11) is 1.59. The van der Waals surface area contributed by atoms with Crippen LogP contribution in [0.1, 0.15) is 5.56 Å². The van der Waals surface area contributed by atoms with E-state index in [-0.39, 0.29) is 17.8 Å². The van der Waals surface area contributed by atoms with Crippen LogP contribution < -0.4 is 14.8 Å². The Hall–Kier alpha value is -3.06. The van der Waals surface area contributed by atoms with Crippen molar-refractivity contribution in [3.63, 3.8) is 0 Å². The number of anilines is 1. The van der Waals surface area contributed by atoms with Crippen molar-refractivity contribution in [3.05, 3.63) is 53.1 Å². The standard InChI is InChI=1S/C19H17ClN4O3/c1-26-16-5-3-2-4-14(16)17-21-19(24-23-17)22-18(25)12-8-11-9-13(20)6-7-15(11)27-10-12/h2-7,9,12H,8,10H2,1H3,(H2,21,22,23,24,25). The number of hydrogen-bond donors (Lipinski definition) is 2. The molecule has 8 heteroatoms. The Morgan fingerprint density at radius 1 is 1.33 bits per heavy atom. The minimum atomic E-state index is -0.343. The summed E-state index contributed by atoms with van der Waals surface area (Å²) >= 11 is 6.03. The average molecular weight is 385 g/mol. The predicted octanol–water partition coefficient (Wildman–Crippen LogP) is 3.32. The zero-order chi connectivity index (χ0) is 18.8. The molecule has 1 amide bonds. The summed E-state index contributed by atoms with van der Waals surface area (Å²) in [4.78, 5) is 16.9. The van der Waals surface area contributed by atoms with Crippen LogP contribution in [0.2, 0.25) is 5.02 Å². The number of nitrogens with one attached hydrogen (secondary N) is 2. The lowest BCUT2D eigenvalue weighted by Crippen LogP contribution is -2.32. The number of nitrogens with zero attached hydrogens (tertiary/aromatic N) is 2. The third kappa shape index (κ3) is 3.59. The van der Waals surface area contributed by atoms with Crippen LogP contribution in [0.4, 0.5) is 5.95 Å². The molecule has 0 saturated carbocycles. The molecule has 1 aliphatic heterocycles. The second-order valence-corrected chi connectivity index (χ2v) is 6.60. The highest BCUT2D eigenvalue weighted by atomic mass is 35.5. The summed E-state index contributed by atoms with van der Waals surface area (Å²) in [5.41, 5.74) is 1.68. The third-order valence-corrected chi connectivity index (χ3v) is 4.62. The first-order chi connectivity index (χ1) is 13.1. The van der Waals surface area contributed by atoms with Gasteiger partial charge in [0.2, 0.25) is 11.9 Å². The van der Waals surface area contributed by atoms with Crippen LogP contribution in [-0.4, -0.2) is 34.8 Å². The van der Waals surface area contributed by atoms with Crippen molar-refractivity contribution in [2.24, 2.45) is 5.92 Å². The van der Waals surface area contributed by atoms with Gasteiger partial charge in [-0.3, -0.25) is 15.2 Å². The zero-order valence-electron chi connectivity index (χ0n) is 14.5. The lowest BCUT2D eigenvalue weighted by molar-refractivity contribution is -0.121. The molecule has 4 rings (SSSR count). The van der Waals surface area contributed by atoms with Crippen molar-refractivity contribution in [2.75, 3.05) is 19.0 Å². The van der Waals surface area contributed by atoms with Crippen molar-refractivity contribution in [1.82, 2.24) is 15.2 Å². The van der Waals surface area contributed by atoms with Gasteiger partial charge in [0.15, 0.2) is 5.82 Å². The van der Waals surface area contributed by atoms with E-state index < -0.39 is 0 Å². The number of aromatic nitrogens is 3. The SMILES string of the molecule is COc1ccccc1-c1nc(NC(=O)C2COc3ccc(Cl)cc3C2)n[nH]1. The summed E-state index contributed by atoms with van der Waals surface area (Å²) in [5.74, 6) is 1.61. The molecular formula is C19H17ClN4O3. The fourth-order valence-electron chi connectivity index (χ4n) is 3.02. The van der Waals surface area contributed by atoms with Crippen LogP contribution in [-0.2, 0) is 11.2 Å². The van der Waals surface area contributed by atoms with Crippen molar-refractivity contribution >= 4 is 23.5 Å². The number of para-hydroxylation sites is 1. The molecule has 0 aliphatic carbocycles. The molecule has 1 aromatic heterocycles. The summed E-state index contributed by atoms with van der Waals surface area (Å²) in [6, 6.07) is 12.9. The van der Waals surface area contributed by atoms with Gasteiger partial charge in [-0.05, 0) is 42.3 Å². The van der Waals surface area contributed by atoms with E-state index in [2.05, 4.69) is 20.5 Å². The van der Waals surface area contributed by atoms with E-state index in [4.69, 9.17) is 21.1 Å². The fourth-order valence-corrected chi connectivity index (χ4v) is 3.22. The summed E-state index contributed by atoms with van der Waals surface area (Å²) in [6.45, 7) is 0.296. The molecule has 0 radical (unpaired) electrons. The van der Waals surface area contributed by atoms with E-state index >= 15 is 0 Å². The Labute approximate surface area is 160 Å². The molecule has 0 spiro atoms. The van der Waals surface area contributed by atoms with Crippen molar-refractivity contribution in [2.45, 2.75) is 6.42 Å². The highest BCUT2D eigenvalue weighted by Crippen LogP contribution is 2.30. The highest BCUT2D eigenvalue weighted by molar-refractivity contribution is 6.30. The molecule has 0 saturated heterocycles. The van der Waals surface area contributed by atoms with Crippen molar-refractivity contribution in [1.29, 1.82) is 0 Å². The van der Waals surface area contributed by atoms with Crippen molar-refractivity contribution < 1.29 is 14.3 Å².